The minimum absolute atomic E-state index is 0. The van der Waals surface area contributed by atoms with E-state index in [0.717, 1.165) is 19.3 Å². The van der Waals surface area contributed by atoms with Crippen molar-refractivity contribution in [2.24, 2.45) is 17.2 Å². The Kier molecular flexibility index (Phi) is 19.1. The van der Waals surface area contributed by atoms with Crippen molar-refractivity contribution >= 4 is 36.7 Å². The van der Waals surface area contributed by atoms with Crippen molar-refractivity contribution in [3.8, 4) is 0 Å². The molecule has 0 aliphatic carbocycles. The van der Waals surface area contributed by atoms with E-state index in [1.165, 1.54) is 0 Å². The first-order chi connectivity index (χ1) is 9.02. The molecule has 0 radical (unpaired) electrons. The highest BCUT2D eigenvalue weighted by Gasteiger charge is 2.22. The van der Waals surface area contributed by atoms with Gasteiger partial charge in [-0.1, -0.05) is 6.42 Å². The van der Waals surface area contributed by atoms with Crippen molar-refractivity contribution in [1.29, 1.82) is 0 Å². The summed E-state index contributed by atoms with van der Waals surface area (Å²) in [5, 5.41) is 11.5. The van der Waals surface area contributed by atoms with E-state index in [-0.39, 0.29) is 24.8 Å². The molecular weight excluding hydrogens is 319 g/mol. The van der Waals surface area contributed by atoms with Gasteiger partial charge in [0.25, 0.3) is 0 Å². The summed E-state index contributed by atoms with van der Waals surface area (Å²) in [5.41, 5.74) is 16.4. The Morgan fingerprint density at radius 3 is 1.86 bits per heavy atom. The highest BCUT2D eigenvalue weighted by atomic mass is 35.5. The highest BCUT2D eigenvalue weighted by molar-refractivity contribution is 5.86. The largest absolute Gasteiger partial charge is 0.480 e. The quantitative estimate of drug-likeness (QED) is 0.332. The SMILES string of the molecule is Cl.Cl.NCCCC[C@H](NC(=O)[C@@H](N)CCCCN)C(=O)O. The molecule has 0 bridgehead atoms. The van der Waals surface area contributed by atoms with Crippen LogP contribution < -0.4 is 22.5 Å². The third-order valence-electron chi connectivity index (χ3n) is 2.87. The van der Waals surface area contributed by atoms with Crippen molar-refractivity contribution in [3.05, 3.63) is 0 Å². The number of nitrogens with one attached hydrogen (secondary N) is 1. The van der Waals surface area contributed by atoms with Gasteiger partial charge in [-0.15, -0.1) is 24.8 Å². The zero-order chi connectivity index (χ0) is 14.7. The van der Waals surface area contributed by atoms with Crippen molar-refractivity contribution in [1.82, 2.24) is 5.32 Å². The molecule has 128 valence electrons. The Labute approximate surface area is 138 Å². The first-order valence-electron chi connectivity index (χ1n) is 6.71. The van der Waals surface area contributed by atoms with Crippen LogP contribution in [0.5, 0.6) is 0 Å². The van der Waals surface area contributed by atoms with Crippen molar-refractivity contribution in [2.75, 3.05) is 13.1 Å². The Morgan fingerprint density at radius 1 is 0.952 bits per heavy atom. The van der Waals surface area contributed by atoms with E-state index in [9.17, 15) is 9.59 Å². The lowest BCUT2D eigenvalue weighted by atomic mass is 10.1. The topological polar surface area (TPSA) is 144 Å². The molecule has 1 amide bonds. The molecule has 2 atom stereocenters. The number of unbranched alkanes of at least 4 members (excludes halogenated alkanes) is 2. The maximum absolute atomic E-state index is 11.7. The Hall–Kier alpha value is -0.600. The Balaban J connectivity index is -0.00000162. The molecular formula is C12H28Cl2N4O3. The summed E-state index contributed by atoms with van der Waals surface area (Å²) in [4.78, 5) is 22.7. The molecule has 0 aromatic heterocycles. The average molecular weight is 347 g/mol. The average Bonchev–Trinajstić information content (AvgIpc) is 2.37. The van der Waals surface area contributed by atoms with Crippen LogP contribution in [0.15, 0.2) is 0 Å². The molecule has 0 aliphatic rings. The number of rotatable bonds is 11. The number of hydrogen-bond acceptors (Lipinski definition) is 5. The lowest BCUT2D eigenvalue weighted by Gasteiger charge is -2.17. The summed E-state index contributed by atoms with van der Waals surface area (Å²) in [7, 11) is 0. The number of carbonyl (C=O) groups excluding carboxylic acids is 1. The van der Waals surface area contributed by atoms with Crippen LogP contribution in [0.2, 0.25) is 0 Å². The van der Waals surface area contributed by atoms with Gasteiger partial charge in [-0.3, -0.25) is 4.79 Å². The molecule has 0 fully saturated rings. The van der Waals surface area contributed by atoms with Gasteiger partial charge in [0.05, 0.1) is 6.04 Å². The van der Waals surface area contributed by atoms with E-state index in [4.69, 9.17) is 22.3 Å². The van der Waals surface area contributed by atoms with E-state index in [1.54, 1.807) is 0 Å². The Bertz CT molecular complexity index is 283. The number of nitrogens with two attached hydrogens (primary N) is 3. The number of amides is 1. The first-order valence-corrected chi connectivity index (χ1v) is 6.71. The van der Waals surface area contributed by atoms with Crippen LogP contribution in [0.4, 0.5) is 0 Å². The maximum atomic E-state index is 11.7. The molecule has 0 unspecified atom stereocenters. The van der Waals surface area contributed by atoms with Crippen LogP contribution in [0.1, 0.15) is 38.5 Å². The fourth-order valence-electron chi connectivity index (χ4n) is 1.67. The smallest absolute Gasteiger partial charge is 0.326 e. The second-order valence-electron chi connectivity index (χ2n) is 4.57. The predicted molar refractivity (Wildman–Crippen MR) is 87.8 cm³/mol. The summed E-state index contributed by atoms with van der Waals surface area (Å²) in [6, 6.07) is -1.57. The van der Waals surface area contributed by atoms with Crippen LogP contribution in [-0.2, 0) is 9.59 Å². The molecule has 9 heteroatoms. The van der Waals surface area contributed by atoms with Gasteiger partial charge < -0.3 is 27.6 Å². The van der Waals surface area contributed by atoms with Gasteiger partial charge in [0, 0.05) is 0 Å². The van der Waals surface area contributed by atoms with Crippen molar-refractivity contribution in [3.63, 3.8) is 0 Å². The van der Waals surface area contributed by atoms with Gasteiger partial charge in [-0.25, -0.2) is 4.79 Å². The maximum Gasteiger partial charge on any atom is 0.326 e. The third-order valence-corrected chi connectivity index (χ3v) is 2.87. The monoisotopic (exact) mass is 346 g/mol. The summed E-state index contributed by atoms with van der Waals surface area (Å²) < 4.78 is 0. The van der Waals surface area contributed by atoms with Crippen LogP contribution in [0.3, 0.4) is 0 Å². The highest BCUT2D eigenvalue weighted by Crippen LogP contribution is 2.03. The molecule has 0 saturated heterocycles. The van der Waals surface area contributed by atoms with E-state index < -0.39 is 24.0 Å². The third kappa shape index (κ3) is 12.8. The number of carboxylic acids is 1. The van der Waals surface area contributed by atoms with Gasteiger partial charge in [0.2, 0.25) is 5.91 Å². The van der Waals surface area contributed by atoms with E-state index >= 15 is 0 Å². The molecule has 0 rings (SSSR count). The molecule has 0 saturated carbocycles. The van der Waals surface area contributed by atoms with E-state index in [0.29, 0.717) is 32.4 Å². The minimum atomic E-state index is -1.04. The minimum Gasteiger partial charge on any atom is -0.480 e. The summed E-state index contributed by atoms with van der Waals surface area (Å²) in [6.45, 7) is 1.07. The fourth-order valence-corrected chi connectivity index (χ4v) is 1.67. The standard InChI is InChI=1S/C12H26N4O3.2ClH/c13-7-3-1-5-9(15)11(17)16-10(12(18)19)6-2-4-8-14;;/h9-10H,1-8,13-15H2,(H,16,17)(H,18,19);2*1H/t9-,10-;;/m0../s1. The summed E-state index contributed by atoms with van der Waals surface area (Å²) in [5.74, 6) is -1.46. The van der Waals surface area contributed by atoms with E-state index in [1.807, 2.05) is 0 Å². The van der Waals surface area contributed by atoms with Crippen LogP contribution >= 0.6 is 24.8 Å². The normalized spacial score (nSPS) is 12.5. The summed E-state index contributed by atoms with van der Waals surface area (Å²) in [6.07, 6.45) is 3.85. The number of carboxylic acid groups (broad SMARTS) is 1. The van der Waals surface area contributed by atoms with Crippen LogP contribution in [0.25, 0.3) is 0 Å². The second kappa shape index (κ2) is 15.8. The number of hydrogen-bond donors (Lipinski definition) is 5. The first kappa shape index (κ1) is 25.4. The van der Waals surface area contributed by atoms with Gasteiger partial charge in [-0.05, 0) is 45.2 Å². The lowest BCUT2D eigenvalue weighted by molar-refractivity contribution is -0.142. The molecule has 8 N–H and O–H groups in total. The number of halogens is 2. The number of carbonyl (C=O) groups is 2. The van der Waals surface area contributed by atoms with Gasteiger partial charge in [0.15, 0.2) is 0 Å². The molecule has 7 nitrogen and oxygen atoms in total. The predicted octanol–water partition coefficient (Wildman–Crippen LogP) is -0.0153. The Morgan fingerprint density at radius 2 is 1.43 bits per heavy atom. The number of aliphatic carboxylic acids is 1. The van der Waals surface area contributed by atoms with Crippen molar-refractivity contribution < 1.29 is 14.7 Å². The molecule has 0 spiro atoms. The van der Waals surface area contributed by atoms with Gasteiger partial charge in [-0.2, -0.15) is 0 Å². The van der Waals surface area contributed by atoms with E-state index in [2.05, 4.69) is 5.32 Å². The van der Waals surface area contributed by atoms with Gasteiger partial charge in [0.1, 0.15) is 6.04 Å². The molecule has 0 aromatic rings. The van der Waals surface area contributed by atoms with Crippen LogP contribution in [-0.4, -0.2) is 42.2 Å². The fraction of sp³-hybridized carbons (Fsp3) is 0.833. The van der Waals surface area contributed by atoms with Crippen LogP contribution in [0, 0.1) is 0 Å². The lowest BCUT2D eigenvalue weighted by Crippen LogP contribution is -2.48. The molecule has 21 heavy (non-hydrogen) atoms. The zero-order valence-electron chi connectivity index (χ0n) is 12.1. The zero-order valence-corrected chi connectivity index (χ0v) is 13.8. The van der Waals surface area contributed by atoms with Crippen molar-refractivity contribution in [2.45, 2.75) is 50.6 Å². The molecule has 0 aliphatic heterocycles. The summed E-state index contributed by atoms with van der Waals surface area (Å²) >= 11 is 0. The van der Waals surface area contributed by atoms with Gasteiger partial charge >= 0.3 is 5.97 Å². The molecule has 0 heterocycles. The molecule has 0 aromatic carbocycles. The second-order valence-corrected chi connectivity index (χ2v) is 4.57.